The van der Waals surface area contributed by atoms with Gasteiger partial charge in [-0.2, -0.15) is 10.5 Å². The van der Waals surface area contributed by atoms with Gasteiger partial charge in [-0.3, -0.25) is 0 Å². The predicted molar refractivity (Wildman–Crippen MR) is 283 cm³/mol. The molecule has 0 amide bonds. The van der Waals surface area contributed by atoms with Crippen LogP contribution in [0.1, 0.15) is 57.7 Å². The average Bonchev–Trinajstić information content (AvgIpc) is 3.88. The molecule has 0 N–H and O–H groups in total. The first-order valence-corrected chi connectivity index (χ1v) is 23.8. The molecule has 0 spiro atoms. The van der Waals surface area contributed by atoms with Crippen LogP contribution in [0.4, 0.5) is 0 Å². The highest BCUT2D eigenvalue weighted by molar-refractivity contribution is 6.13. The Labute approximate surface area is 423 Å². The Bertz CT molecular complexity index is 4160. The SMILES string of the molecule is Cc1nc(C)nc(-c2ccc3c4ccc(-c5nc(C)nc(C)n5)cc4n(-c4cc(-c5cccc(C#N)c5)c(-n5c6cc(-c7nc(C)nc(C)n7)ccc6c6ccc(-c7nc(C)nc(C)n7)cc65)cc4C#N)c3c2)n1. The molecule has 0 unspecified atom stereocenters. The second-order valence-corrected chi connectivity index (χ2v) is 18.3. The highest BCUT2D eigenvalue weighted by atomic mass is 15.1. The zero-order chi connectivity index (χ0) is 51.1. The number of aromatic nitrogens is 14. The van der Waals surface area contributed by atoms with Gasteiger partial charge in [0.1, 0.15) is 52.7 Å². The van der Waals surface area contributed by atoms with E-state index in [0.29, 0.717) is 92.4 Å². The maximum absolute atomic E-state index is 11.6. The summed E-state index contributed by atoms with van der Waals surface area (Å²) in [5.74, 6) is 6.99. The zero-order valence-corrected chi connectivity index (χ0v) is 41.5. The van der Waals surface area contributed by atoms with Crippen molar-refractivity contribution in [1.29, 1.82) is 10.5 Å². The summed E-state index contributed by atoms with van der Waals surface area (Å²) in [6.07, 6.45) is 0. The Hall–Kier alpha value is -10.1. The van der Waals surface area contributed by atoms with Crippen molar-refractivity contribution in [1.82, 2.24) is 68.9 Å². The van der Waals surface area contributed by atoms with E-state index in [1.807, 2.05) is 104 Å². The van der Waals surface area contributed by atoms with Crippen molar-refractivity contribution < 1.29 is 0 Å². The van der Waals surface area contributed by atoms with E-state index < -0.39 is 0 Å². The van der Waals surface area contributed by atoms with E-state index in [0.717, 1.165) is 77.0 Å². The van der Waals surface area contributed by atoms with Gasteiger partial charge in [-0.05, 0) is 109 Å². The van der Waals surface area contributed by atoms with Crippen LogP contribution in [0.3, 0.4) is 0 Å². The second kappa shape index (κ2) is 17.4. The first-order valence-electron chi connectivity index (χ1n) is 23.8. The van der Waals surface area contributed by atoms with Crippen LogP contribution in [0.25, 0.3) is 112 Å². The fourth-order valence-electron chi connectivity index (χ4n) is 10.1. The van der Waals surface area contributed by atoms with Crippen LogP contribution in [-0.2, 0) is 0 Å². The van der Waals surface area contributed by atoms with Crippen molar-refractivity contribution in [3.63, 3.8) is 0 Å². The van der Waals surface area contributed by atoms with Gasteiger partial charge in [-0.1, -0.05) is 60.7 Å². The molecule has 6 aromatic carbocycles. The molecule has 6 heterocycles. The summed E-state index contributed by atoms with van der Waals surface area (Å²) in [6, 6.07) is 41.2. The van der Waals surface area contributed by atoms with Crippen LogP contribution in [0.15, 0.2) is 109 Å². The number of fused-ring (bicyclic) bond motifs is 6. The molecule has 16 heteroatoms. The van der Waals surface area contributed by atoms with Crippen molar-refractivity contribution in [2.45, 2.75) is 55.4 Å². The second-order valence-electron chi connectivity index (χ2n) is 18.3. The molecule has 0 bridgehead atoms. The van der Waals surface area contributed by atoms with Gasteiger partial charge in [0.2, 0.25) is 0 Å². The Balaban J connectivity index is 1.21. The van der Waals surface area contributed by atoms with Gasteiger partial charge in [0.05, 0.1) is 50.6 Å². The molecule has 0 aliphatic carbocycles. The van der Waals surface area contributed by atoms with Crippen LogP contribution in [0.2, 0.25) is 0 Å². The molecule has 74 heavy (non-hydrogen) atoms. The van der Waals surface area contributed by atoms with E-state index in [4.69, 9.17) is 39.9 Å². The number of rotatable bonds is 7. The Morgan fingerprint density at radius 1 is 0.324 bits per heavy atom. The van der Waals surface area contributed by atoms with E-state index >= 15 is 0 Å². The Morgan fingerprint density at radius 3 is 0.986 bits per heavy atom. The highest BCUT2D eigenvalue weighted by Crippen LogP contribution is 2.43. The molecule has 0 radical (unpaired) electrons. The summed E-state index contributed by atoms with van der Waals surface area (Å²) >= 11 is 0. The summed E-state index contributed by atoms with van der Waals surface area (Å²) in [7, 11) is 0. The number of nitriles is 2. The molecule has 0 aliphatic heterocycles. The van der Waals surface area contributed by atoms with Crippen molar-refractivity contribution in [2.75, 3.05) is 0 Å². The lowest BCUT2D eigenvalue weighted by Gasteiger charge is -2.19. The molecular formula is C58H42N16. The molecule has 6 aromatic heterocycles. The first-order chi connectivity index (χ1) is 35.8. The van der Waals surface area contributed by atoms with Crippen LogP contribution < -0.4 is 0 Å². The van der Waals surface area contributed by atoms with Gasteiger partial charge in [-0.15, -0.1) is 0 Å². The standard InChI is InChI=1S/C58H42N16/c1-29-61-30(2)66-55(65-29)39-12-16-44-45-17-13-40(56-67-31(3)62-32(4)68-56)22-51(45)73(50(44)21-39)49-26-48(38-11-9-10-37(20-38)27-59)54(25-43(49)28-60)74-52-23-41(57-69-33(5)63-34(6)70-57)14-18-46(52)47-19-15-42(24-53(47)74)58-71-35(7)64-36(8)72-58/h9-26H,1-8H3. The molecule has 16 nitrogen and oxygen atoms in total. The number of hydrogen-bond acceptors (Lipinski definition) is 14. The van der Waals surface area contributed by atoms with Crippen LogP contribution >= 0.6 is 0 Å². The minimum atomic E-state index is 0.378. The zero-order valence-electron chi connectivity index (χ0n) is 41.5. The predicted octanol–water partition coefficient (Wildman–Crippen LogP) is 11.2. The minimum absolute atomic E-state index is 0.378. The number of nitrogens with zero attached hydrogens (tertiary/aromatic N) is 16. The van der Waals surface area contributed by atoms with Gasteiger partial charge in [0, 0.05) is 49.4 Å². The number of benzene rings is 6. The van der Waals surface area contributed by atoms with Crippen molar-refractivity contribution >= 4 is 43.6 Å². The van der Waals surface area contributed by atoms with Crippen LogP contribution in [-0.4, -0.2) is 68.9 Å². The smallest absolute Gasteiger partial charge is 0.163 e. The number of aryl methyl sites for hydroxylation is 8. The molecule has 0 saturated carbocycles. The lowest BCUT2D eigenvalue weighted by Crippen LogP contribution is -2.05. The molecule has 0 saturated heterocycles. The van der Waals surface area contributed by atoms with Crippen molar-refractivity contribution in [3.8, 4) is 80.2 Å². The van der Waals surface area contributed by atoms with E-state index in [2.05, 4.69) is 95.8 Å². The quantitative estimate of drug-likeness (QED) is 0.145. The first kappa shape index (κ1) is 45.1. The summed E-state index contributed by atoms with van der Waals surface area (Å²) in [4.78, 5) is 55.8. The van der Waals surface area contributed by atoms with Gasteiger partial charge >= 0.3 is 0 Å². The molecule has 0 fully saturated rings. The maximum atomic E-state index is 11.6. The topological polar surface area (TPSA) is 212 Å². The normalized spacial score (nSPS) is 11.5. The lowest BCUT2D eigenvalue weighted by atomic mass is 9.97. The summed E-state index contributed by atoms with van der Waals surface area (Å²) in [5.41, 5.74) is 10.1. The number of hydrogen-bond donors (Lipinski definition) is 0. The Morgan fingerprint density at radius 2 is 0.662 bits per heavy atom. The molecular weight excluding hydrogens is 921 g/mol. The van der Waals surface area contributed by atoms with E-state index in [9.17, 15) is 10.5 Å². The summed E-state index contributed by atoms with van der Waals surface area (Å²) in [6.45, 7) is 14.8. The third-order valence-corrected chi connectivity index (χ3v) is 13.0. The van der Waals surface area contributed by atoms with Gasteiger partial charge in [0.15, 0.2) is 23.3 Å². The average molecular weight is 963 g/mol. The third kappa shape index (κ3) is 7.78. The fourth-order valence-corrected chi connectivity index (χ4v) is 10.1. The van der Waals surface area contributed by atoms with Crippen molar-refractivity contribution in [2.24, 2.45) is 0 Å². The summed E-state index contributed by atoms with van der Waals surface area (Å²) < 4.78 is 4.30. The molecule has 0 aliphatic rings. The van der Waals surface area contributed by atoms with E-state index in [1.165, 1.54) is 0 Å². The van der Waals surface area contributed by atoms with Gasteiger partial charge in [0.25, 0.3) is 0 Å². The largest absolute Gasteiger partial charge is 0.309 e. The molecule has 12 rings (SSSR count). The van der Waals surface area contributed by atoms with E-state index in [-0.39, 0.29) is 0 Å². The monoisotopic (exact) mass is 962 g/mol. The van der Waals surface area contributed by atoms with Crippen LogP contribution in [0, 0.1) is 78.1 Å². The molecule has 354 valence electrons. The summed E-state index contributed by atoms with van der Waals surface area (Å²) in [5, 5.41) is 25.8. The Kier molecular flexibility index (Phi) is 10.6. The fraction of sp³-hybridized carbons (Fsp3) is 0.138. The van der Waals surface area contributed by atoms with E-state index in [1.54, 1.807) is 6.07 Å². The molecule has 0 atom stereocenters. The third-order valence-electron chi connectivity index (χ3n) is 13.0. The van der Waals surface area contributed by atoms with Gasteiger partial charge < -0.3 is 9.13 Å². The van der Waals surface area contributed by atoms with Gasteiger partial charge in [-0.25, -0.2) is 59.8 Å². The van der Waals surface area contributed by atoms with Crippen LogP contribution in [0.5, 0.6) is 0 Å². The molecule has 12 aromatic rings. The van der Waals surface area contributed by atoms with Crippen molar-refractivity contribution in [3.05, 3.63) is 167 Å². The minimum Gasteiger partial charge on any atom is -0.309 e. The lowest BCUT2D eigenvalue weighted by molar-refractivity contribution is 0.928. The highest BCUT2D eigenvalue weighted by Gasteiger charge is 2.25. The maximum Gasteiger partial charge on any atom is 0.163 e.